The van der Waals surface area contributed by atoms with Crippen molar-refractivity contribution in [2.75, 3.05) is 13.7 Å². The number of hydrogen-bond acceptors (Lipinski definition) is 3. The van der Waals surface area contributed by atoms with Crippen LogP contribution in [0.5, 0.6) is 5.75 Å². The predicted molar refractivity (Wildman–Crippen MR) is 84.6 cm³/mol. The number of ether oxygens (including phenoxy) is 1. The molecule has 1 unspecified atom stereocenters. The Morgan fingerprint density at radius 2 is 1.86 bits per heavy atom. The third-order valence-corrected chi connectivity index (χ3v) is 4.11. The van der Waals surface area contributed by atoms with Gasteiger partial charge >= 0.3 is 0 Å². The quantitative estimate of drug-likeness (QED) is 0.775. The first-order valence-electron chi connectivity index (χ1n) is 7.57. The molecular formula is C17H27NO3. The summed E-state index contributed by atoms with van der Waals surface area (Å²) in [6, 6.07) is 7.75. The van der Waals surface area contributed by atoms with E-state index in [9.17, 15) is 9.90 Å². The summed E-state index contributed by atoms with van der Waals surface area (Å²) in [5, 5.41) is 13.0. The van der Waals surface area contributed by atoms with Gasteiger partial charge in [0, 0.05) is 13.0 Å². The van der Waals surface area contributed by atoms with Gasteiger partial charge in [-0.3, -0.25) is 4.79 Å². The fraction of sp³-hybridized carbons (Fsp3) is 0.588. The molecule has 4 nitrogen and oxygen atoms in total. The summed E-state index contributed by atoms with van der Waals surface area (Å²) in [5.74, 6) is 0.914. The van der Waals surface area contributed by atoms with Gasteiger partial charge in [0.15, 0.2) is 0 Å². The molecule has 1 aromatic rings. The van der Waals surface area contributed by atoms with E-state index in [-0.39, 0.29) is 11.8 Å². The van der Waals surface area contributed by atoms with E-state index in [1.807, 2.05) is 45.0 Å². The Hall–Kier alpha value is -1.55. The van der Waals surface area contributed by atoms with Crippen molar-refractivity contribution < 1.29 is 14.6 Å². The predicted octanol–water partition coefficient (Wildman–Crippen LogP) is 2.86. The van der Waals surface area contributed by atoms with Crippen molar-refractivity contribution in [1.29, 1.82) is 0 Å². The van der Waals surface area contributed by atoms with Gasteiger partial charge in [-0.1, -0.05) is 32.9 Å². The summed E-state index contributed by atoms with van der Waals surface area (Å²) in [4.78, 5) is 12.0. The Balaban J connectivity index is 2.49. The van der Waals surface area contributed by atoms with Gasteiger partial charge in [0.1, 0.15) is 5.75 Å². The molecular weight excluding hydrogens is 266 g/mol. The first-order valence-corrected chi connectivity index (χ1v) is 7.57. The Labute approximate surface area is 127 Å². The van der Waals surface area contributed by atoms with Gasteiger partial charge in [-0.05, 0) is 36.5 Å². The maximum Gasteiger partial charge on any atom is 0.220 e. The number of hydrogen-bond donors (Lipinski definition) is 2. The lowest BCUT2D eigenvalue weighted by Crippen LogP contribution is -2.42. The summed E-state index contributed by atoms with van der Waals surface area (Å²) >= 11 is 0. The molecule has 0 heterocycles. The number of carbonyl (C=O) groups is 1. The highest BCUT2D eigenvalue weighted by atomic mass is 16.5. The number of benzene rings is 1. The molecule has 0 radical (unpaired) electrons. The van der Waals surface area contributed by atoms with E-state index in [0.29, 0.717) is 25.8 Å². The van der Waals surface area contributed by atoms with Crippen LogP contribution in [-0.2, 0) is 4.79 Å². The van der Waals surface area contributed by atoms with Crippen LogP contribution in [-0.4, -0.2) is 30.3 Å². The summed E-state index contributed by atoms with van der Waals surface area (Å²) in [5.41, 5.74) is 0.311. The number of amides is 1. The molecule has 0 spiro atoms. The second-order valence-corrected chi connectivity index (χ2v) is 5.59. The molecule has 0 bridgehead atoms. The zero-order valence-electron chi connectivity index (χ0n) is 13.5. The highest BCUT2D eigenvalue weighted by Gasteiger charge is 2.23. The molecule has 0 aliphatic rings. The summed E-state index contributed by atoms with van der Waals surface area (Å²) in [7, 11) is 1.63. The Bertz CT molecular complexity index is 438. The highest BCUT2D eigenvalue weighted by molar-refractivity contribution is 5.76. The molecule has 2 N–H and O–H groups in total. The molecule has 0 saturated carbocycles. The van der Waals surface area contributed by atoms with Crippen LogP contribution in [0, 0.1) is 0 Å². The topological polar surface area (TPSA) is 58.6 Å². The molecule has 0 fully saturated rings. The van der Waals surface area contributed by atoms with E-state index in [0.717, 1.165) is 11.3 Å². The van der Waals surface area contributed by atoms with Crippen LogP contribution in [0.15, 0.2) is 24.3 Å². The van der Waals surface area contributed by atoms with Crippen molar-refractivity contribution in [1.82, 2.24) is 5.32 Å². The average molecular weight is 293 g/mol. The van der Waals surface area contributed by atoms with Crippen LogP contribution in [0.25, 0.3) is 0 Å². The molecule has 0 aliphatic carbocycles. The van der Waals surface area contributed by atoms with Crippen molar-refractivity contribution in [3.05, 3.63) is 29.8 Å². The van der Waals surface area contributed by atoms with E-state index < -0.39 is 5.60 Å². The number of carbonyl (C=O) groups excluding carboxylic acids is 1. The average Bonchev–Trinajstić information content (AvgIpc) is 2.52. The molecule has 1 aromatic carbocycles. The van der Waals surface area contributed by atoms with Crippen LogP contribution in [0.1, 0.15) is 51.5 Å². The van der Waals surface area contributed by atoms with Crippen molar-refractivity contribution in [2.45, 2.75) is 51.6 Å². The SMILES string of the molecule is CCC(O)(CC)CNC(=O)CC(C)c1ccc(OC)cc1. The van der Waals surface area contributed by atoms with Crippen molar-refractivity contribution in [3.8, 4) is 5.75 Å². The fourth-order valence-corrected chi connectivity index (χ4v) is 2.16. The van der Waals surface area contributed by atoms with E-state index in [1.54, 1.807) is 7.11 Å². The largest absolute Gasteiger partial charge is 0.497 e. The van der Waals surface area contributed by atoms with E-state index in [1.165, 1.54) is 0 Å². The first kappa shape index (κ1) is 17.5. The number of methoxy groups -OCH3 is 1. The molecule has 4 heteroatoms. The van der Waals surface area contributed by atoms with E-state index in [2.05, 4.69) is 5.32 Å². The molecule has 21 heavy (non-hydrogen) atoms. The number of aliphatic hydroxyl groups is 1. The normalized spacial score (nSPS) is 12.8. The van der Waals surface area contributed by atoms with Gasteiger partial charge in [-0.15, -0.1) is 0 Å². The molecule has 0 aliphatic heterocycles. The van der Waals surface area contributed by atoms with Crippen LogP contribution >= 0.6 is 0 Å². The Kier molecular flexibility index (Phi) is 6.69. The van der Waals surface area contributed by atoms with Crippen LogP contribution in [0.3, 0.4) is 0 Å². The molecule has 1 amide bonds. The molecule has 1 atom stereocenters. The molecule has 1 rings (SSSR count). The standard InChI is InChI=1S/C17H27NO3/c1-5-17(20,6-2)12-18-16(19)11-13(3)14-7-9-15(21-4)10-8-14/h7-10,13,20H,5-6,11-12H2,1-4H3,(H,18,19). The van der Waals surface area contributed by atoms with Crippen molar-refractivity contribution >= 4 is 5.91 Å². The second kappa shape index (κ2) is 8.03. The van der Waals surface area contributed by atoms with Gasteiger partial charge in [0.05, 0.1) is 12.7 Å². The molecule has 0 saturated heterocycles. The maximum atomic E-state index is 12.0. The van der Waals surface area contributed by atoms with Crippen LogP contribution in [0.2, 0.25) is 0 Å². The monoisotopic (exact) mass is 293 g/mol. The van der Waals surface area contributed by atoms with Crippen molar-refractivity contribution in [2.24, 2.45) is 0 Å². The summed E-state index contributed by atoms with van der Waals surface area (Å²) in [6.45, 7) is 6.19. The highest BCUT2D eigenvalue weighted by Crippen LogP contribution is 2.22. The van der Waals surface area contributed by atoms with Gasteiger partial charge < -0.3 is 15.2 Å². The molecule has 118 valence electrons. The number of nitrogens with one attached hydrogen (secondary N) is 1. The van der Waals surface area contributed by atoms with Gasteiger partial charge in [0.2, 0.25) is 5.91 Å². The first-order chi connectivity index (χ1) is 9.94. The maximum absolute atomic E-state index is 12.0. The lowest BCUT2D eigenvalue weighted by atomic mass is 9.95. The minimum atomic E-state index is -0.793. The Morgan fingerprint density at radius 1 is 1.29 bits per heavy atom. The van der Waals surface area contributed by atoms with E-state index >= 15 is 0 Å². The Morgan fingerprint density at radius 3 is 2.33 bits per heavy atom. The summed E-state index contributed by atoms with van der Waals surface area (Å²) < 4.78 is 5.12. The van der Waals surface area contributed by atoms with Crippen LogP contribution in [0.4, 0.5) is 0 Å². The second-order valence-electron chi connectivity index (χ2n) is 5.59. The zero-order chi connectivity index (χ0) is 15.9. The van der Waals surface area contributed by atoms with Gasteiger partial charge in [-0.2, -0.15) is 0 Å². The van der Waals surface area contributed by atoms with E-state index in [4.69, 9.17) is 4.74 Å². The smallest absolute Gasteiger partial charge is 0.220 e. The summed E-state index contributed by atoms with van der Waals surface area (Å²) in [6.07, 6.45) is 1.69. The third kappa shape index (κ3) is 5.38. The van der Waals surface area contributed by atoms with Gasteiger partial charge in [0.25, 0.3) is 0 Å². The van der Waals surface area contributed by atoms with Gasteiger partial charge in [-0.25, -0.2) is 0 Å². The fourth-order valence-electron chi connectivity index (χ4n) is 2.16. The minimum absolute atomic E-state index is 0.0290. The third-order valence-electron chi connectivity index (χ3n) is 4.11. The lowest BCUT2D eigenvalue weighted by molar-refractivity contribution is -0.122. The molecule has 0 aromatic heterocycles. The van der Waals surface area contributed by atoms with Crippen LogP contribution < -0.4 is 10.1 Å². The lowest BCUT2D eigenvalue weighted by Gasteiger charge is -2.25. The van der Waals surface area contributed by atoms with Crippen molar-refractivity contribution in [3.63, 3.8) is 0 Å². The number of rotatable bonds is 8. The zero-order valence-corrected chi connectivity index (χ0v) is 13.5. The minimum Gasteiger partial charge on any atom is -0.497 e.